The number of allylic oxidation sites excluding steroid dienone is 1. The molecule has 0 bridgehead atoms. The van der Waals surface area contributed by atoms with Crippen LogP contribution in [0, 0.1) is 17.6 Å². The van der Waals surface area contributed by atoms with Crippen molar-refractivity contribution in [2.24, 2.45) is 11.0 Å². The summed E-state index contributed by atoms with van der Waals surface area (Å²) in [5.74, 6) is -1.81. The van der Waals surface area contributed by atoms with Gasteiger partial charge in [0.2, 0.25) is 0 Å². The van der Waals surface area contributed by atoms with E-state index in [1.165, 1.54) is 40.6 Å². The Balaban J connectivity index is 1.23. The van der Waals surface area contributed by atoms with E-state index in [9.17, 15) is 18.4 Å². The Bertz CT molecular complexity index is 1560. The number of halogens is 2. The Morgan fingerprint density at radius 3 is 2.56 bits per heavy atom. The van der Waals surface area contributed by atoms with Crippen LogP contribution in [0.25, 0.3) is 11.0 Å². The summed E-state index contributed by atoms with van der Waals surface area (Å²) in [6.45, 7) is -0.473. The van der Waals surface area contributed by atoms with Crippen LogP contribution in [-0.2, 0) is 20.7 Å². The monoisotopic (exact) mass is 546 g/mol. The molecule has 1 saturated carbocycles. The predicted octanol–water partition coefficient (Wildman–Crippen LogP) is 5.58. The molecule has 4 aromatic rings. The number of thiazole rings is 1. The van der Waals surface area contributed by atoms with Crippen molar-refractivity contribution in [1.82, 2.24) is 14.4 Å². The Hall–Kier alpha value is -4.18. The molecule has 39 heavy (non-hydrogen) atoms. The smallest absolute Gasteiger partial charge is 0.312 e. The summed E-state index contributed by atoms with van der Waals surface area (Å²) in [5, 5.41) is 8.00. The number of hydrazone groups is 1. The van der Waals surface area contributed by atoms with E-state index in [-0.39, 0.29) is 24.0 Å². The molecule has 1 aliphatic carbocycles. The van der Waals surface area contributed by atoms with E-state index in [1.807, 2.05) is 22.1 Å². The maximum atomic E-state index is 13.7. The highest BCUT2D eigenvalue weighted by Gasteiger charge is 2.43. The van der Waals surface area contributed by atoms with Crippen molar-refractivity contribution in [2.75, 3.05) is 6.61 Å². The van der Waals surface area contributed by atoms with Crippen LogP contribution in [0.1, 0.15) is 42.1 Å². The van der Waals surface area contributed by atoms with Gasteiger partial charge in [-0.05, 0) is 66.3 Å². The molecule has 2 aliphatic rings. The third kappa shape index (κ3) is 5.24. The van der Waals surface area contributed by atoms with Crippen LogP contribution < -0.4 is 0 Å². The minimum atomic E-state index is -0.561. The first-order chi connectivity index (χ1) is 18.9. The summed E-state index contributed by atoms with van der Waals surface area (Å²) in [4.78, 5) is 31.0. The van der Waals surface area contributed by atoms with E-state index in [0.717, 1.165) is 46.6 Å². The number of imidazole rings is 1. The second-order valence-corrected chi connectivity index (χ2v) is 10.5. The predicted molar refractivity (Wildman–Crippen MR) is 143 cm³/mol. The van der Waals surface area contributed by atoms with Crippen molar-refractivity contribution in [3.63, 3.8) is 0 Å². The molecular formula is C29H24F2N4O3S. The van der Waals surface area contributed by atoms with Crippen LogP contribution in [0.5, 0.6) is 0 Å². The molecule has 7 nitrogen and oxygen atoms in total. The van der Waals surface area contributed by atoms with Crippen molar-refractivity contribution < 1.29 is 23.1 Å². The highest BCUT2D eigenvalue weighted by atomic mass is 32.1. The van der Waals surface area contributed by atoms with Crippen molar-refractivity contribution in [1.29, 1.82) is 0 Å². The highest BCUT2D eigenvalue weighted by Crippen LogP contribution is 2.44. The Morgan fingerprint density at radius 1 is 1.08 bits per heavy atom. The van der Waals surface area contributed by atoms with Crippen LogP contribution >= 0.6 is 11.3 Å². The van der Waals surface area contributed by atoms with E-state index in [4.69, 9.17) is 9.84 Å². The quantitative estimate of drug-likeness (QED) is 0.296. The average molecular weight is 547 g/mol. The van der Waals surface area contributed by atoms with Gasteiger partial charge in [-0.15, -0.1) is 11.3 Å². The zero-order valence-electron chi connectivity index (χ0n) is 20.8. The van der Waals surface area contributed by atoms with Crippen molar-refractivity contribution in [2.45, 2.75) is 31.7 Å². The number of hydrogen-bond donors (Lipinski definition) is 0. The molecule has 3 heterocycles. The van der Waals surface area contributed by atoms with E-state index in [2.05, 4.69) is 4.98 Å². The first kappa shape index (κ1) is 25.1. The maximum Gasteiger partial charge on any atom is 0.312 e. The molecule has 2 aromatic carbocycles. The molecular weight excluding hydrogens is 522 g/mol. The molecule has 6 rings (SSSR count). The zero-order chi connectivity index (χ0) is 26.9. The number of carbonyl (C=O) groups is 2. The summed E-state index contributed by atoms with van der Waals surface area (Å²) in [7, 11) is 0. The van der Waals surface area contributed by atoms with Crippen LogP contribution in [-0.4, -0.2) is 38.6 Å². The van der Waals surface area contributed by atoms with Crippen molar-refractivity contribution >= 4 is 40.0 Å². The number of fused-ring (bicyclic) bond motifs is 2. The SMILES string of the molecule is O=C(Cc1cn2ccsc2n1)OCC(=O)N1N=C2/C(=C\c3ccc(F)cc3)CCCC2C1c1ccc(F)cc1. The fraction of sp³-hybridized carbons (Fsp3) is 0.241. The van der Waals surface area contributed by atoms with Crippen LogP contribution in [0.15, 0.2) is 77.0 Å². The lowest BCUT2D eigenvalue weighted by atomic mass is 9.77. The molecule has 2 aromatic heterocycles. The normalized spacial score (nSPS) is 19.8. The minimum Gasteiger partial charge on any atom is -0.455 e. The number of carbonyl (C=O) groups excluding carboxylic acids is 2. The van der Waals surface area contributed by atoms with Gasteiger partial charge in [0.1, 0.15) is 11.6 Å². The molecule has 2 atom stereocenters. The fourth-order valence-electron chi connectivity index (χ4n) is 5.23. The summed E-state index contributed by atoms with van der Waals surface area (Å²) >= 11 is 1.46. The van der Waals surface area contributed by atoms with Crippen molar-refractivity contribution in [3.8, 4) is 0 Å². The number of ether oxygens (including phenoxy) is 1. The lowest BCUT2D eigenvalue weighted by Gasteiger charge is -2.29. The Labute approximate surface area is 227 Å². The zero-order valence-corrected chi connectivity index (χ0v) is 21.6. The van der Waals surface area contributed by atoms with Gasteiger partial charge in [0.25, 0.3) is 5.91 Å². The molecule has 0 saturated heterocycles. The molecule has 2 unspecified atom stereocenters. The van der Waals surface area contributed by atoms with E-state index >= 15 is 0 Å². The van der Waals surface area contributed by atoms with Gasteiger partial charge >= 0.3 is 5.97 Å². The van der Waals surface area contributed by atoms with Crippen LogP contribution in [0.3, 0.4) is 0 Å². The van der Waals surface area contributed by atoms with Crippen LogP contribution in [0.2, 0.25) is 0 Å². The average Bonchev–Trinajstić information content (AvgIpc) is 3.63. The van der Waals surface area contributed by atoms with Gasteiger partial charge in [-0.1, -0.05) is 24.3 Å². The fourth-order valence-corrected chi connectivity index (χ4v) is 5.95. The maximum absolute atomic E-state index is 13.7. The van der Waals surface area contributed by atoms with Crippen molar-refractivity contribution in [3.05, 3.63) is 100 Å². The first-order valence-electron chi connectivity index (χ1n) is 12.6. The highest BCUT2D eigenvalue weighted by molar-refractivity contribution is 7.15. The molecule has 0 radical (unpaired) electrons. The molecule has 1 amide bonds. The third-order valence-electron chi connectivity index (χ3n) is 7.00. The largest absolute Gasteiger partial charge is 0.455 e. The molecule has 1 aliphatic heterocycles. The molecule has 198 valence electrons. The first-order valence-corrected chi connectivity index (χ1v) is 13.5. The Morgan fingerprint density at radius 2 is 1.82 bits per heavy atom. The van der Waals surface area contributed by atoms with E-state index in [1.54, 1.807) is 30.5 Å². The summed E-state index contributed by atoms with van der Waals surface area (Å²) in [5.41, 5.74) is 3.90. The number of hydrogen-bond acceptors (Lipinski definition) is 6. The van der Waals surface area contributed by atoms with Gasteiger partial charge in [-0.3, -0.25) is 14.0 Å². The van der Waals surface area contributed by atoms with E-state index in [0.29, 0.717) is 5.69 Å². The Kier molecular flexibility index (Phi) is 6.78. The minimum absolute atomic E-state index is 0.0508. The molecule has 0 spiro atoms. The van der Waals surface area contributed by atoms with Gasteiger partial charge in [0, 0.05) is 23.7 Å². The summed E-state index contributed by atoms with van der Waals surface area (Å²) < 4.78 is 34.3. The standard InChI is InChI=1S/C29H24F2N4O3S/c30-21-8-4-18(5-9-21)14-20-2-1-3-24-27(20)33-35(28(24)19-6-10-22(31)11-7-19)25(36)17-38-26(37)15-23-16-34-12-13-39-29(34)32-23/h4-14,16,24,28H,1-3,15,17H2/b20-14-. The van der Waals surface area contributed by atoms with Gasteiger partial charge in [0.15, 0.2) is 11.6 Å². The third-order valence-corrected chi connectivity index (χ3v) is 7.78. The van der Waals surface area contributed by atoms with E-state index < -0.39 is 24.5 Å². The molecule has 0 N–H and O–H groups in total. The number of esters is 1. The topological polar surface area (TPSA) is 76.3 Å². The lowest BCUT2D eigenvalue weighted by molar-refractivity contribution is -0.152. The molecule has 1 fully saturated rings. The number of aromatic nitrogens is 2. The number of amides is 1. The van der Waals surface area contributed by atoms with Gasteiger partial charge in [0.05, 0.1) is 23.9 Å². The number of benzene rings is 2. The van der Waals surface area contributed by atoms with Crippen LogP contribution in [0.4, 0.5) is 8.78 Å². The molecule has 10 heteroatoms. The van der Waals surface area contributed by atoms with Gasteiger partial charge in [-0.25, -0.2) is 18.8 Å². The van der Waals surface area contributed by atoms with Gasteiger partial charge in [-0.2, -0.15) is 5.10 Å². The lowest BCUT2D eigenvalue weighted by Crippen LogP contribution is -2.34. The number of rotatable bonds is 6. The second kappa shape index (κ2) is 10.5. The summed E-state index contributed by atoms with van der Waals surface area (Å²) in [6, 6.07) is 11.8. The van der Waals surface area contributed by atoms with Gasteiger partial charge < -0.3 is 4.74 Å². The second-order valence-electron chi connectivity index (χ2n) is 9.60. The summed E-state index contributed by atoms with van der Waals surface area (Å²) in [6.07, 6.45) is 7.97. The number of nitrogens with zero attached hydrogens (tertiary/aromatic N) is 4.